The van der Waals surface area contributed by atoms with E-state index in [1.165, 1.54) is 0 Å². The Balaban J connectivity index is 2.95. The maximum absolute atomic E-state index is 12.7. The highest BCUT2D eigenvalue weighted by Crippen LogP contribution is 2.59. The van der Waals surface area contributed by atoms with Gasteiger partial charge < -0.3 is 10.2 Å². The van der Waals surface area contributed by atoms with Crippen LogP contribution in [0.15, 0.2) is 0 Å². The zero-order valence-corrected chi connectivity index (χ0v) is 9.57. The smallest absolute Gasteiger partial charge is 0.366 e. The zero-order valence-electron chi connectivity index (χ0n) is 9.57. The van der Waals surface area contributed by atoms with E-state index < -0.39 is 55.2 Å². The lowest BCUT2D eigenvalue weighted by atomic mass is 9.67. The third-order valence-electron chi connectivity index (χ3n) is 3.70. The summed E-state index contributed by atoms with van der Waals surface area (Å²) in [7, 11) is 0. The highest BCUT2D eigenvalue weighted by Gasteiger charge is 2.70. The molecule has 1 fully saturated rings. The number of hydrogen-bond donors (Lipinski definition) is 2. The average molecular weight is 280 g/mol. The molecule has 0 saturated heterocycles. The Morgan fingerprint density at radius 3 is 1.44 bits per heavy atom. The van der Waals surface area contributed by atoms with Gasteiger partial charge in [-0.25, -0.2) is 0 Å². The second-order valence-corrected chi connectivity index (χ2v) is 4.95. The topological polar surface area (TPSA) is 40.5 Å². The molecule has 0 unspecified atom stereocenters. The van der Waals surface area contributed by atoms with Crippen molar-refractivity contribution in [2.75, 3.05) is 0 Å². The van der Waals surface area contributed by atoms with Crippen molar-refractivity contribution in [1.82, 2.24) is 0 Å². The normalized spacial score (nSPS) is 23.2. The molecule has 0 aliphatic heterocycles. The lowest BCUT2D eigenvalue weighted by molar-refractivity contribution is -0.356. The number of halogens is 6. The molecule has 0 bridgehead atoms. The fourth-order valence-corrected chi connectivity index (χ4v) is 2.39. The van der Waals surface area contributed by atoms with Crippen molar-refractivity contribution >= 4 is 0 Å². The molecule has 0 spiro atoms. The van der Waals surface area contributed by atoms with Gasteiger partial charge in [-0.15, -0.1) is 0 Å². The predicted molar refractivity (Wildman–Crippen MR) is 49.3 cm³/mol. The zero-order chi connectivity index (χ0) is 14.4. The van der Waals surface area contributed by atoms with E-state index in [2.05, 4.69) is 0 Å². The van der Waals surface area contributed by atoms with Crippen molar-refractivity contribution in [3.05, 3.63) is 0 Å². The standard InChI is InChI=1S/C10H14F6O2/c1-7(17,18)6-2-4-8(5-3-6,9(11,12)13)10(14,15)16/h6,17-18H,2-5H2,1H3. The molecular weight excluding hydrogens is 266 g/mol. The molecule has 0 aromatic carbocycles. The van der Waals surface area contributed by atoms with Gasteiger partial charge in [0.2, 0.25) is 0 Å². The van der Waals surface area contributed by atoms with Crippen LogP contribution in [0.1, 0.15) is 32.6 Å². The minimum atomic E-state index is -5.38. The molecule has 1 saturated carbocycles. The van der Waals surface area contributed by atoms with Crippen molar-refractivity contribution in [1.29, 1.82) is 0 Å². The monoisotopic (exact) mass is 280 g/mol. The Morgan fingerprint density at radius 2 is 1.22 bits per heavy atom. The van der Waals surface area contributed by atoms with Crippen LogP contribution in [0.4, 0.5) is 26.3 Å². The van der Waals surface area contributed by atoms with Gasteiger partial charge in [-0.3, -0.25) is 0 Å². The minimum absolute atomic E-state index is 0.525. The molecule has 0 atom stereocenters. The molecular formula is C10H14F6O2. The van der Waals surface area contributed by atoms with Crippen molar-refractivity contribution in [2.24, 2.45) is 11.3 Å². The van der Waals surface area contributed by atoms with Gasteiger partial charge in [0.15, 0.2) is 11.2 Å². The van der Waals surface area contributed by atoms with E-state index in [4.69, 9.17) is 0 Å². The molecule has 1 aliphatic rings. The van der Waals surface area contributed by atoms with Gasteiger partial charge in [0, 0.05) is 5.92 Å². The summed E-state index contributed by atoms with van der Waals surface area (Å²) >= 11 is 0. The van der Waals surface area contributed by atoms with Gasteiger partial charge in [0.25, 0.3) is 0 Å². The van der Waals surface area contributed by atoms with E-state index in [1.807, 2.05) is 0 Å². The van der Waals surface area contributed by atoms with E-state index in [9.17, 15) is 36.6 Å². The van der Waals surface area contributed by atoms with Gasteiger partial charge in [0.05, 0.1) is 0 Å². The van der Waals surface area contributed by atoms with Crippen LogP contribution in [0.3, 0.4) is 0 Å². The Hall–Kier alpha value is -0.500. The van der Waals surface area contributed by atoms with E-state index in [1.54, 1.807) is 0 Å². The summed E-state index contributed by atoms with van der Waals surface area (Å²) in [5.41, 5.74) is -3.72. The fraction of sp³-hybridized carbons (Fsp3) is 1.00. The fourth-order valence-electron chi connectivity index (χ4n) is 2.39. The summed E-state index contributed by atoms with van der Waals surface area (Å²) in [4.78, 5) is 0. The lowest BCUT2D eigenvalue weighted by Crippen LogP contribution is -2.53. The quantitative estimate of drug-likeness (QED) is 0.572. The maximum Gasteiger partial charge on any atom is 0.403 e. The number of alkyl halides is 6. The van der Waals surface area contributed by atoms with Crippen LogP contribution in [0.5, 0.6) is 0 Å². The van der Waals surface area contributed by atoms with Crippen LogP contribution in [0, 0.1) is 11.3 Å². The molecule has 0 amide bonds. The van der Waals surface area contributed by atoms with Gasteiger partial charge in [-0.05, 0) is 32.6 Å². The highest BCUT2D eigenvalue weighted by molar-refractivity contribution is 4.98. The van der Waals surface area contributed by atoms with Crippen LogP contribution < -0.4 is 0 Å². The van der Waals surface area contributed by atoms with Gasteiger partial charge in [-0.2, -0.15) is 26.3 Å². The van der Waals surface area contributed by atoms with Crippen molar-refractivity contribution in [3.8, 4) is 0 Å². The third kappa shape index (κ3) is 2.59. The van der Waals surface area contributed by atoms with Crippen LogP contribution in [0.25, 0.3) is 0 Å². The van der Waals surface area contributed by atoms with E-state index in [-0.39, 0.29) is 0 Å². The van der Waals surface area contributed by atoms with Crippen molar-refractivity contribution < 1.29 is 36.6 Å². The van der Waals surface area contributed by atoms with E-state index in [0.717, 1.165) is 6.92 Å². The third-order valence-corrected chi connectivity index (χ3v) is 3.70. The molecule has 0 radical (unpaired) electrons. The second-order valence-electron chi connectivity index (χ2n) is 4.95. The summed E-state index contributed by atoms with van der Waals surface area (Å²) in [6, 6.07) is 0. The van der Waals surface area contributed by atoms with Crippen LogP contribution in [0.2, 0.25) is 0 Å². The van der Waals surface area contributed by atoms with Gasteiger partial charge in [0.1, 0.15) is 0 Å². The summed E-state index contributed by atoms with van der Waals surface area (Å²) in [5, 5.41) is 18.4. The predicted octanol–water partition coefficient (Wildman–Crippen LogP) is 2.99. The lowest BCUT2D eigenvalue weighted by Gasteiger charge is -2.44. The Kier molecular flexibility index (Phi) is 3.68. The molecule has 2 N–H and O–H groups in total. The molecule has 0 aromatic heterocycles. The molecule has 108 valence electrons. The van der Waals surface area contributed by atoms with Crippen LogP contribution >= 0.6 is 0 Å². The Labute approximate surface area is 99.6 Å². The molecule has 1 rings (SSSR count). The number of rotatable bonds is 1. The largest absolute Gasteiger partial charge is 0.403 e. The van der Waals surface area contributed by atoms with Crippen molar-refractivity contribution in [2.45, 2.75) is 50.7 Å². The first-order valence-electron chi connectivity index (χ1n) is 5.39. The molecule has 1 aliphatic carbocycles. The summed E-state index contributed by atoms with van der Waals surface area (Å²) in [6.07, 6.45) is -14.1. The maximum atomic E-state index is 12.7. The molecule has 0 aromatic rings. The first kappa shape index (κ1) is 15.6. The van der Waals surface area contributed by atoms with Gasteiger partial charge >= 0.3 is 12.4 Å². The minimum Gasteiger partial charge on any atom is -0.366 e. The molecule has 0 heterocycles. The van der Waals surface area contributed by atoms with E-state index >= 15 is 0 Å². The number of aliphatic hydroxyl groups is 2. The number of hydrogen-bond acceptors (Lipinski definition) is 2. The SMILES string of the molecule is CC(O)(O)C1CCC(C(F)(F)F)(C(F)(F)F)CC1. The Morgan fingerprint density at radius 1 is 0.889 bits per heavy atom. The Bertz CT molecular complexity index is 277. The molecule has 18 heavy (non-hydrogen) atoms. The summed E-state index contributed by atoms with van der Waals surface area (Å²) in [5.74, 6) is -3.22. The molecule has 8 heteroatoms. The van der Waals surface area contributed by atoms with Crippen LogP contribution in [-0.4, -0.2) is 28.4 Å². The van der Waals surface area contributed by atoms with Gasteiger partial charge in [-0.1, -0.05) is 0 Å². The average Bonchev–Trinajstić information content (AvgIpc) is 2.13. The second kappa shape index (κ2) is 4.26. The highest BCUT2D eigenvalue weighted by atomic mass is 19.4. The van der Waals surface area contributed by atoms with Crippen molar-refractivity contribution in [3.63, 3.8) is 0 Å². The van der Waals surface area contributed by atoms with E-state index in [0.29, 0.717) is 0 Å². The first-order valence-corrected chi connectivity index (χ1v) is 5.39. The summed E-state index contributed by atoms with van der Waals surface area (Å²) in [6.45, 7) is 0.964. The van der Waals surface area contributed by atoms with Crippen LogP contribution in [-0.2, 0) is 0 Å². The summed E-state index contributed by atoms with van der Waals surface area (Å²) < 4.78 is 76.0. The first-order chi connectivity index (χ1) is 7.81. The molecule has 2 nitrogen and oxygen atoms in total.